The number of hydrogen-bond donors (Lipinski definition) is 1. The highest BCUT2D eigenvalue weighted by Gasteiger charge is 2.19. The van der Waals surface area contributed by atoms with Gasteiger partial charge in [0.2, 0.25) is 0 Å². The van der Waals surface area contributed by atoms with Crippen LogP contribution in [0.1, 0.15) is 24.5 Å². The molecule has 26 heavy (non-hydrogen) atoms. The average molecular weight is 374 g/mol. The number of phenolic OH excluding ortho intramolecular Hbond substituents is 1. The molecule has 0 heterocycles. The second-order valence-electron chi connectivity index (χ2n) is 5.98. The van der Waals surface area contributed by atoms with Gasteiger partial charge in [0.05, 0.1) is 12.5 Å². The van der Waals surface area contributed by atoms with E-state index in [1.54, 1.807) is 25.3 Å². The summed E-state index contributed by atoms with van der Waals surface area (Å²) in [6.07, 6.45) is 3.91. The van der Waals surface area contributed by atoms with Crippen LogP contribution >= 0.6 is 11.6 Å². The lowest BCUT2D eigenvalue weighted by Crippen LogP contribution is -2.22. The first kappa shape index (κ1) is 20.0. The molecule has 1 unspecified atom stereocenters. The standard InChI is InChI=1S/C21H24ClNO3/c1-2-26-21(25)18(13-17-10-11-19(24)14-20(17)22)15-23-12-6-9-16-7-4-3-5-8-16/h3-5,7-8,10-11,14-15,18,24H,2,6,9,12-13H2,1H3. The van der Waals surface area contributed by atoms with Gasteiger partial charge < -0.3 is 9.84 Å². The van der Waals surface area contributed by atoms with Gasteiger partial charge in [-0.25, -0.2) is 0 Å². The number of ether oxygens (including phenoxy) is 1. The van der Waals surface area contributed by atoms with Gasteiger partial charge in [0.25, 0.3) is 0 Å². The number of benzene rings is 2. The Morgan fingerprint density at radius 3 is 2.73 bits per heavy atom. The molecule has 0 aliphatic heterocycles. The van der Waals surface area contributed by atoms with Crippen LogP contribution in [0.4, 0.5) is 0 Å². The number of hydrogen-bond acceptors (Lipinski definition) is 4. The van der Waals surface area contributed by atoms with Crippen LogP contribution in [-0.2, 0) is 22.4 Å². The number of aliphatic imine (C=N–C) groups is 1. The van der Waals surface area contributed by atoms with Crippen LogP contribution in [0.15, 0.2) is 53.5 Å². The number of carbonyl (C=O) groups excluding carboxylic acids is 1. The van der Waals surface area contributed by atoms with Gasteiger partial charge in [-0.05, 0) is 49.4 Å². The summed E-state index contributed by atoms with van der Waals surface area (Å²) in [7, 11) is 0. The van der Waals surface area contributed by atoms with Crippen molar-refractivity contribution in [1.29, 1.82) is 0 Å². The zero-order chi connectivity index (χ0) is 18.8. The van der Waals surface area contributed by atoms with Crippen molar-refractivity contribution in [2.24, 2.45) is 10.9 Å². The molecule has 1 N–H and O–H groups in total. The Balaban J connectivity index is 1.94. The van der Waals surface area contributed by atoms with Gasteiger partial charge in [-0.3, -0.25) is 9.79 Å². The van der Waals surface area contributed by atoms with E-state index in [0.717, 1.165) is 18.4 Å². The van der Waals surface area contributed by atoms with E-state index in [1.165, 1.54) is 11.6 Å². The topological polar surface area (TPSA) is 58.9 Å². The van der Waals surface area contributed by atoms with Crippen molar-refractivity contribution in [1.82, 2.24) is 0 Å². The Bertz CT molecular complexity index is 731. The number of phenols is 1. The maximum Gasteiger partial charge on any atom is 0.314 e. The Morgan fingerprint density at radius 2 is 2.04 bits per heavy atom. The molecular formula is C21H24ClNO3. The number of carbonyl (C=O) groups is 1. The minimum atomic E-state index is -0.492. The zero-order valence-corrected chi connectivity index (χ0v) is 15.7. The molecule has 2 aromatic rings. The van der Waals surface area contributed by atoms with E-state index in [4.69, 9.17) is 16.3 Å². The molecule has 2 aromatic carbocycles. The van der Waals surface area contributed by atoms with E-state index >= 15 is 0 Å². The molecular weight excluding hydrogens is 350 g/mol. The quantitative estimate of drug-likeness (QED) is 0.400. The van der Waals surface area contributed by atoms with Crippen LogP contribution in [0.2, 0.25) is 5.02 Å². The van der Waals surface area contributed by atoms with Crippen molar-refractivity contribution in [2.45, 2.75) is 26.2 Å². The molecule has 4 nitrogen and oxygen atoms in total. The highest BCUT2D eigenvalue weighted by Crippen LogP contribution is 2.24. The Hall–Kier alpha value is -2.33. The third kappa shape index (κ3) is 6.52. The first-order valence-corrected chi connectivity index (χ1v) is 9.16. The van der Waals surface area contributed by atoms with Gasteiger partial charge in [-0.15, -0.1) is 0 Å². The third-order valence-corrected chi connectivity index (χ3v) is 4.30. The number of aryl methyl sites for hydroxylation is 1. The van der Waals surface area contributed by atoms with Crippen LogP contribution in [0, 0.1) is 5.92 Å². The molecule has 2 rings (SSSR count). The van der Waals surface area contributed by atoms with E-state index < -0.39 is 5.92 Å². The summed E-state index contributed by atoms with van der Waals surface area (Å²) in [6.45, 7) is 2.74. The fourth-order valence-electron chi connectivity index (χ4n) is 2.61. The highest BCUT2D eigenvalue weighted by atomic mass is 35.5. The molecule has 0 saturated heterocycles. The van der Waals surface area contributed by atoms with Crippen LogP contribution in [0.3, 0.4) is 0 Å². The summed E-state index contributed by atoms with van der Waals surface area (Å²) in [6, 6.07) is 15.0. The molecule has 0 saturated carbocycles. The van der Waals surface area contributed by atoms with Crippen LogP contribution in [0.5, 0.6) is 5.75 Å². The lowest BCUT2D eigenvalue weighted by Gasteiger charge is -2.12. The van der Waals surface area contributed by atoms with Crippen LogP contribution in [-0.4, -0.2) is 30.4 Å². The van der Waals surface area contributed by atoms with Crippen molar-refractivity contribution >= 4 is 23.8 Å². The van der Waals surface area contributed by atoms with Crippen molar-refractivity contribution < 1.29 is 14.6 Å². The van der Waals surface area contributed by atoms with E-state index in [-0.39, 0.29) is 11.7 Å². The van der Waals surface area contributed by atoms with Crippen LogP contribution < -0.4 is 0 Å². The summed E-state index contributed by atoms with van der Waals surface area (Å²) >= 11 is 6.15. The summed E-state index contributed by atoms with van der Waals surface area (Å²) in [4.78, 5) is 16.6. The number of aromatic hydroxyl groups is 1. The Morgan fingerprint density at radius 1 is 1.27 bits per heavy atom. The molecule has 1 atom stereocenters. The van der Waals surface area contributed by atoms with Crippen molar-refractivity contribution in [3.05, 3.63) is 64.7 Å². The lowest BCUT2D eigenvalue weighted by molar-refractivity contribution is -0.145. The van der Waals surface area contributed by atoms with Crippen molar-refractivity contribution in [3.8, 4) is 5.75 Å². The number of nitrogens with zero attached hydrogens (tertiary/aromatic N) is 1. The number of halogens is 1. The molecule has 0 aliphatic carbocycles. The highest BCUT2D eigenvalue weighted by molar-refractivity contribution is 6.31. The maximum atomic E-state index is 12.2. The normalized spacial score (nSPS) is 12.2. The molecule has 0 fully saturated rings. The van der Waals surface area contributed by atoms with Gasteiger partial charge in [0.1, 0.15) is 5.75 Å². The predicted molar refractivity (Wildman–Crippen MR) is 105 cm³/mol. The van der Waals surface area contributed by atoms with Gasteiger partial charge in [0, 0.05) is 17.8 Å². The fraction of sp³-hybridized carbons (Fsp3) is 0.333. The second-order valence-corrected chi connectivity index (χ2v) is 6.39. The molecule has 5 heteroatoms. The lowest BCUT2D eigenvalue weighted by atomic mass is 10.00. The van der Waals surface area contributed by atoms with E-state index in [2.05, 4.69) is 17.1 Å². The summed E-state index contributed by atoms with van der Waals surface area (Å²) in [5.41, 5.74) is 2.05. The van der Waals surface area contributed by atoms with Gasteiger partial charge in [0.15, 0.2) is 0 Å². The van der Waals surface area contributed by atoms with Gasteiger partial charge in [-0.1, -0.05) is 48.0 Å². The smallest absolute Gasteiger partial charge is 0.314 e. The Labute approximate surface area is 159 Å². The first-order chi connectivity index (χ1) is 12.6. The van der Waals surface area contributed by atoms with E-state index in [1.807, 2.05) is 18.2 Å². The van der Waals surface area contributed by atoms with Crippen molar-refractivity contribution in [3.63, 3.8) is 0 Å². The fourth-order valence-corrected chi connectivity index (χ4v) is 2.86. The average Bonchev–Trinajstić information content (AvgIpc) is 2.63. The molecule has 0 aromatic heterocycles. The minimum absolute atomic E-state index is 0.0982. The van der Waals surface area contributed by atoms with Crippen molar-refractivity contribution in [2.75, 3.05) is 13.2 Å². The van der Waals surface area contributed by atoms with Crippen LogP contribution in [0.25, 0.3) is 0 Å². The Kier molecular flexibility index (Phi) is 8.16. The maximum absolute atomic E-state index is 12.2. The number of esters is 1. The number of rotatable bonds is 9. The van der Waals surface area contributed by atoms with E-state index in [9.17, 15) is 9.90 Å². The molecule has 0 amide bonds. The molecule has 0 aliphatic rings. The summed E-state index contributed by atoms with van der Waals surface area (Å²) in [5.74, 6) is -0.710. The summed E-state index contributed by atoms with van der Waals surface area (Å²) in [5, 5.41) is 9.88. The zero-order valence-electron chi connectivity index (χ0n) is 14.9. The SMILES string of the molecule is CCOC(=O)C(C=NCCCc1ccccc1)Cc1ccc(O)cc1Cl. The first-order valence-electron chi connectivity index (χ1n) is 8.78. The van der Waals surface area contributed by atoms with Gasteiger partial charge in [-0.2, -0.15) is 0 Å². The largest absolute Gasteiger partial charge is 0.508 e. The van der Waals surface area contributed by atoms with Gasteiger partial charge >= 0.3 is 5.97 Å². The summed E-state index contributed by atoms with van der Waals surface area (Å²) < 4.78 is 5.14. The minimum Gasteiger partial charge on any atom is -0.508 e. The molecule has 138 valence electrons. The molecule has 0 radical (unpaired) electrons. The monoisotopic (exact) mass is 373 g/mol. The second kappa shape index (κ2) is 10.6. The molecule has 0 spiro atoms. The predicted octanol–water partition coefficient (Wildman–Crippen LogP) is 4.47. The van der Waals surface area contributed by atoms with E-state index in [0.29, 0.717) is 24.6 Å². The third-order valence-electron chi connectivity index (χ3n) is 3.95. The molecule has 0 bridgehead atoms.